The van der Waals surface area contributed by atoms with Gasteiger partial charge in [-0.3, -0.25) is 15.0 Å². The summed E-state index contributed by atoms with van der Waals surface area (Å²) in [7, 11) is 0. The van der Waals surface area contributed by atoms with Crippen LogP contribution in [-0.4, -0.2) is 50.1 Å². The third kappa shape index (κ3) is 4.96. The number of alkyl halides is 3. The van der Waals surface area contributed by atoms with Gasteiger partial charge in [-0.2, -0.15) is 23.4 Å². The minimum absolute atomic E-state index is 0.0659. The SMILES string of the molecule is O=C(NCCc1n[nH]c2c1CCCC2)c1n[nH]c2c1CCC2.O=C(O)C(F)(F)F. The van der Waals surface area contributed by atoms with Gasteiger partial charge in [0.15, 0.2) is 5.69 Å². The Morgan fingerprint density at radius 3 is 2.28 bits per heavy atom. The average molecular weight is 413 g/mol. The maximum Gasteiger partial charge on any atom is 0.490 e. The summed E-state index contributed by atoms with van der Waals surface area (Å²) in [5.74, 6) is -2.82. The highest BCUT2D eigenvalue weighted by atomic mass is 19.4. The van der Waals surface area contributed by atoms with Crippen molar-refractivity contribution in [1.29, 1.82) is 0 Å². The molecule has 0 spiro atoms. The van der Waals surface area contributed by atoms with Crippen LogP contribution >= 0.6 is 0 Å². The summed E-state index contributed by atoms with van der Waals surface area (Å²) in [5.41, 5.74) is 6.60. The second-order valence-corrected chi connectivity index (χ2v) is 7.03. The number of fused-ring (bicyclic) bond motifs is 2. The normalized spacial score (nSPS) is 15.1. The largest absolute Gasteiger partial charge is 0.490 e. The Hall–Kier alpha value is -2.85. The van der Waals surface area contributed by atoms with Crippen LogP contribution < -0.4 is 5.32 Å². The van der Waals surface area contributed by atoms with Gasteiger partial charge < -0.3 is 10.4 Å². The molecule has 2 aromatic rings. The number of H-pyrrole nitrogens is 2. The van der Waals surface area contributed by atoms with Gasteiger partial charge in [0.25, 0.3) is 5.91 Å². The van der Waals surface area contributed by atoms with Crippen LogP contribution in [0.15, 0.2) is 0 Å². The molecule has 0 radical (unpaired) electrons. The number of aryl methyl sites for hydroxylation is 2. The Labute approximate surface area is 164 Å². The fourth-order valence-corrected chi connectivity index (χ4v) is 3.64. The summed E-state index contributed by atoms with van der Waals surface area (Å²) >= 11 is 0. The van der Waals surface area contributed by atoms with E-state index in [2.05, 4.69) is 25.7 Å². The molecule has 4 rings (SSSR count). The molecular formula is C18H22F3N5O3. The molecule has 4 N–H and O–H groups in total. The summed E-state index contributed by atoms with van der Waals surface area (Å²) in [4.78, 5) is 21.2. The average Bonchev–Trinajstić information content (AvgIpc) is 3.37. The first-order valence-electron chi connectivity index (χ1n) is 9.46. The summed E-state index contributed by atoms with van der Waals surface area (Å²) in [6.07, 6.45) is 3.49. The predicted molar refractivity (Wildman–Crippen MR) is 95.6 cm³/mol. The molecule has 2 aliphatic rings. The number of halogens is 3. The molecule has 2 aromatic heterocycles. The van der Waals surface area contributed by atoms with Crippen LogP contribution in [0.25, 0.3) is 0 Å². The van der Waals surface area contributed by atoms with E-state index in [4.69, 9.17) is 9.90 Å². The van der Waals surface area contributed by atoms with Gasteiger partial charge >= 0.3 is 12.1 Å². The van der Waals surface area contributed by atoms with Crippen molar-refractivity contribution in [3.63, 3.8) is 0 Å². The zero-order valence-electron chi connectivity index (χ0n) is 15.7. The van der Waals surface area contributed by atoms with Crippen LogP contribution in [0.5, 0.6) is 0 Å². The van der Waals surface area contributed by atoms with Crippen LogP contribution in [0, 0.1) is 0 Å². The molecule has 8 nitrogen and oxygen atoms in total. The van der Waals surface area contributed by atoms with E-state index in [0.29, 0.717) is 12.2 Å². The standard InChI is InChI=1S/C16H21N5O.C2HF3O2/c22-16(15-11-5-3-7-13(11)20-21-15)17-9-8-14-10-4-1-2-6-12(10)18-19-14;3-2(4,5)1(6)7/h1-9H2,(H,17,22)(H,18,19)(H,20,21);(H,6,7). The van der Waals surface area contributed by atoms with E-state index in [1.807, 2.05) is 0 Å². The summed E-state index contributed by atoms with van der Waals surface area (Å²) in [6, 6.07) is 0. The zero-order valence-corrected chi connectivity index (χ0v) is 15.7. The molecule has 2 heterocycles. The molecule has 0 bridgehead atoms. The molecule has 0 fully saturated rings. The van der Waals surface area contributed by atoms with E-state index in [0.717, 1.165) is 55.5 Å². The number of nitrogens with zero attached hydrogens (tertiary/aromatic N) is 2. The predicted octanol–water partition coefficient (Wildman–Crippen LogP) is 2.11. The molecule has 29 heavy (non-hydrogen) atoms. The van der Waals surface area contributed by atoms with Gasteiger partial charge in [0, 0.05) is 29.9 Å². The van der Waals surface area contributed by atoms with Gasteiger partial charge in [0.2, 0.25) is 0 Å². The number of aliphatic carboxylic acids is 1. The van der Waals surface area contributed by atoms with Gasteiger partial charge in [-0.15, -0.1) is 0 Å². The van der Waals surface area contributed by atoms with Crippen molar-refractivity contribution >= 4 is 11.9 Å². The molecule has 0 saturated carbocycles. The molecular weight excluding hydrogens is 391 g/mol. The van der Waals surface area contributed by atoms with Gasteiger partial charge in [-0.05, 0) is 50.5 Å². The van der Waals surface area contributed by atoms with Gasteiger partial charge in [-0.1, -0.05) is 0 Å². The molecule has 1 amide bonds. The Balaban J connectivity index is 0.000000298. The first kappa shape index (κ1) is 20.9. The fourth-order valence-electron chi connectivity index (χ4n) is 3.64. The number of carboxylic acid groups (broad SMARTS) is 1. The van der Waals surface area contributed by atoms with Crippen LogP contribution in [-0.2, 0) is 36.9 Å². The first-order chi connectivity index (χ1) is 13.8. The molecule has 158 valence electrons. The monoisotopic (exact) mass is 413 g/mol. The number of carbonyl (C=O) groups excluding carboxylic acids is 1. The topological polar surface area (TPSA) is 124 Å². The first-order valence-corrected chi connectivity index (χ1v) is 9.46. The quantitative estimate of drug-likeness (QED) is 0.611. The van der Waals surface area contributed by atoms with Crippen molar-refractivity contribution in [1.82, 2.24) is 25.7 Å². The van der Waals surface area contributed by atoms with E-state index in [-0.39, 0.29) is 5.91 Å². The molecule has 0 atom stereocenters. The molecule has 0 unspecified atom stereocenters. The molecule has 2 aliphatic carbocycles. The number of hydrogen-bond acceptors (Lipinski definition) is 4. The molecule has 0 saturated heterocycles. The Morgan fingerprint density at radius 1 is 0.966 bits per heavy atom. The highest BCUT2D eigenvalue weighted by Gasteiger charge is 2.38. The van der Waals surface area contributed by atoms with Crippen molar-refractivity contribution < 1.29 is 27.9 Å². The van der Waals surface area contributed by atoms with Crippen LogP contribution in [0.4, 0.5) is 13.2 Å². The lowest BCUT2D eigenvalue weighted by Gasteiger charge is -2.11. The lowest BCUT2D eigenvalue weighted by Crippen LogP contribution is -2.27. The third-order valence-electron chi connectivity index (χ3n) is 5.05. The van der Waals surface area contributed by atoms with Crippen molar-refractivity contribution in [2.75, 3.05) is 6.54 Å². The number of aromatic nitrogens is 4. The lowest BCUT2D eigenvalue weighted by molar-refractivity contribution is -0.192. The van der Waals surface area contributed by atoms with Gasteiger partial charge in [0.1, 0.15) is 0 Å². The van der Waals surface area contributed by atoms with E-state index >= 15 is 0 Å². The summed E-state index contributed by atoms with van der Waals surface area (Å²) < 4.78 is 31.7. The van der Waals surface area contributed by atoms with E-state index in [1.54, 1.807) is 0 Å². The second kappa shape index (κ2) is 8.66. The number of rotatable bonds is 4. The molecule has 0 aromatic carbocycles. The van der Waals surface area contributed by atoms with Crippen molar-refractivity contribution in [3.05, 3.63) is 33.9 Å². The minimum atomic E-state index is -5.08. The van der Waals surface area contributed by atoms with Gasteiger partial charge in [0.05, 0.1) is 5.69 Å². The minimum Gasteiger partial charge on any atom is -0.475 e. The maximum atomic E-state index is 12.3. The van der Waals surface area contributed by atoms with Crippen LogP contribution in [0.1, 0.15) is 58.0 Å². The van der Waals surface area contributed by atoms with E-state index in [1.165, 1.54) is 24.1 Å². The molecule has 0 aliphatic heterocycles. The number of hydrogen-bond donors (Lipinski definition) is 4. The number of carbonyl (C=O) groups is 2. The van der Waals surface area contributed by atoms with Crippen LogP contribution in [0.3, 0.4) is 0 Å². The number of amides is 1. The number of nitrogens with one attached hydrogen (secondary N) is 3. The summed E-state index contributed by atoms with van der Waals surface area (Å²) in [5, 5.41) is 24.8. The zero-order chi connectivity index (χ0) is 21.0. The number of aromatic amines is 2. The van der Waals surface area contributed by atoms with Crippen molar-refractivity contribution in [2.45, 2.75) is 57.5 Å². The Kier molecular flexibility index (Phi) is 6.23. The Bertz CT molecular complexity index is 888. The van der Waals surface area contributed by atoms with E-state index in [9.17, 15) is 18.0 Å². The lowest BCUT2D eigenvalue weighted by atomic mass is 9.95. The highest BCUT2D eigenvalue weighted by molar-refractivity contribution is 5.94. The third-order valence-corrected chi connectivity index (χ3v) is 5.05. The highest BCUT2D eigenvalue weighted by Crippen LogP contribution is 2.23. The maximum absolute atomic E-state index is 12.3. The second-order valence-electron chi connectivity index (χ2n) is 7.03. The van der Waals surface area contributed by atoms with Gasteiger partial charge in [-0.25, -0.2) is 4.79 Å². The molecule has 11 heteroatoms. The smallest absolute Gasteiger partial charge is 0.475 e. The van der Waals surface area contributed by atoms with Crippen LogP contribution in [0.2, 0.25) is 0 Å². The fraction of sp³-hybridized carbons (Fsp3) is 0.556. The number of carboxylic acids is 1. The Morgan fingerprint density at radius 2 is 1.55 bits per heavy atom. The summed E-state index contributed by atoms with van der Waals surface area (Å²) in [6.45, 7) is 0.609. The van der Waals surface area contributed by atoms with Crippen molar-refractivity contribution in [2.24, 2.45) is 0 Å². The van der Waals surface area contributed by atoms with Crippen molar-refractivity contribution in [3.8, 4) is 0 Å². The van der Waals surface area contributed by atoms with E-state index < -0.39 is 12.1 Å².